The van der Waals surface area contributed by atoms with Gasteiger partial charge in [-0.15, -0.1) is 21.5 Å². The molecule has 0 radical (unpaired) electrons. The molecule has 1 atom stereocenters. The lowest BCUT2D eigenvalue weighted by molar-refractivity contribution is 0.140. The van der Waals surface area contributed by atoms with Crippen LogP contribution in [-0.4, -0.2) is 58.9 Å². The van der Waals surface area contributed by atoms with Crippen LogP contribution in [0.15, 0.2) is 28.8 Å². The van der Waals surface area contributed by atoms with Gasteiger partial charge in [-0.05, 0) is 43.3 Å². The Balaban J connectivity index is 1.52. The molecule has 0 aliphatic carbocycles. The Bertz CT molecular complexity index is 717. The molecule has 28 heavy (non-hydrogen) atoms. The van der Waals surface area contributed by atoms with Crippen molar-refractivity contribution in [1.82, 2.24) is 30.3 Å². The van der Waals surface area contributed by atoms with Gasteiger partial charge in [-0.2, -0.15) is 0 Å². The van der Waals surface area contributed by atoms with E-state index in [4.69, 9.17) is 0 Å². The summed E-state index contributed by atoms with van der Waals surface area (Å²) in [5, 5.41) is 17.3. The largest absolute Gasteiger partial charge is 0.355 e. The lowest BCUT2D eigenvalue weighted by atomic mass is 9.97. The predicted molar refractivity (Wildman–Crippen MR) is 116 cm³/mol. The molecule has 1 unspecified atom stereocenters. The van der Waals surface area contributed by atoms with E-state index in [9.17, 15) is 0 Å². The first-order valence-corrected chi connectivity index (χ1v) is 11.2. The summed E-state index contributed by atoms with van der Waals surface area (Å²) >= 11 is 1.85. The zero-order valence-corrected chi connectivity index (χ0v) is 18.1. The minimum absolute atomic E-state index is 0.399. The predicted octanol–water partition coefficient (Wildman–Crippen LogP) is 2.54. The van der Waals surface area contributed by atoms with Crippen molar-refractivity contribution in [2.45, 2.75) is 45.7 Å². The Morgan fingerprint density at radius 3 is 2.86 bits per heavy atom. The second-order valence-electron chi connectivity index (χ2n) is 7.42. The van der Waals surface area contributed by atoms with Crippen LogP contribution in [0.5, 0.6) is 0 Å². The molecule has 0 bridgehead atoms. The van der Waals surface area contributed by atoms with Gasteiger partial charge < -0.3 is 15.2 Å². The quantitative estimate of drug-likeness (QED) is 0.524. The summed E-state index contributed by atoms with van der Waals surface area (Å²) in [5.74, 6) is 2.70. The van der Waals surface area contributed by atoms with Gasteiger partial charge in [-0.1, -0.05) is 19.9 Å². The Morgan fingerprint density at radius 2 is 2.18 bits per heavy atom. The van der Waals surface area contributed by atoms with E-state index in [-0.39, 0.29) is 0 Å². The van der Waals surface area contributed by atoms with Gasteiger partial charge in [0.1, 0.15) is 12.2 Å². The summed E-state index contributed by atoms with van der Waals surface area (Å²) in [6, 6.07) is 4.80. The number of thiophene rings is 1. The Labute approximate surface area is 172 Å². The van der Waals surface area contributed by atoms with Crippen molar-refractivity contribution in [2.75, 3.05) is 33.2 Å². The van der Waals surface area contributed by atoms with E-state index >= 15 is 0 Å². The molecule has 154 valence electrons. The fourth-order valence-corrected chi connectivity index (χ4v) is 4.54. The molecule has 0 aromatic carbocycles. The van der Waals surface area contributed by atoms with Crippen LogP contribution in [0.2, 0.25) is 0 Å². The van der Waals surface area contributed by atoms with Crippen LogP contribution in [0.25, 0.3) is 0 Å². The summed E-state index contributed by atoms with van der Waals surface area (Å²) in [6.07, 6.45) is 5.26. The van der Waals surface area contributed by atoms with Crippen LogP contribution in [-0.2, 0) is 13.0 Å². The molecule has 2 aromatic heterocycles. The Morgan fingerprint density at radius 1 is 1.36 bits per heavy atom. The summed E-state index contributed by atoms with van der Waals surface area (Å²) in [4.78, 5) is 8.45. The maximum absolute atomic E-state index is 4.40. The fourth-order valence-electron chi connectivity index (χ4n) is 3.68. The number of rotatable bonds is 8. The zero-order valence-electron chi connectivity index (χ0n) is 17.3. The van der Waals surface area contributed by atoms with Gasteiger partial charge in [-0.3, -0.25) is 9.89 Å². The van der Waals surface area contributed by atoms with E-state index in [0.29, 0.717) is 6.04 Å². The first-order valence-electron chi connectivity index (χ1n) is 10.3. The van der Waals surface area contributed by atoms with E-state index in [1.54, 1.807) is 6.33 Å². The molecule has 1 aliphatic heterocycles. The summed E-state index contributed by atoms with van der Waals surface area (Å²) < 4.78 is 2.09. The number of aliphatic imine (C=N–C) groups is 1. The number of guanidine groups is 1. The SMILES string of the molecule is CCc1nncn1CCNC(=NC)NCC(c1cccs1)N1CCC(C)CC1. The van der Waals surface area contributed by atoms with Gasteiger partial charge in [0.2, 0.25) is 0 Å². The number of aromatic nitrogens is 3. The smallest absolute Gasteiger partial charge is 0.191 e. The van der Waals surface area contributed by atoms with E-state index in [2.05, 4.69) is 66.7 Å². The lowest BCUT2D eigenvalue weighted by Crippen LogP contribution is -2.45. The van der Waals surface area contributed by atoms with Gasteiger partial charge in [0.15, 0.2) is 5.96 Å². The standard InChI is InChI=1S/C20H33N7S/c1-4-19-25-24-15-27(19)12-9-22-20(21-3)23-14-17(18-6-5-13-28-18)26-10-7-16(2)8-11-26/h5-6,13,15-17H,4,7-12,14H2,1-3H3,(H2,21,22,23). The Hall–Kier alpha value is -1.93. The average molecular weight is 404 g/mol. The highest BCUT2D eigenvalue weighted by Crippen LogP contribution is 2.28. The third-order valence-corrected chi connectivity index (χ3v) is 6.45. The number of nitrogens with one attached hydrogen (secondary N) is 2. The molecular weight excluding hydrogens is 370 g/mol. The molecule has 3 rings (SSSR count). The molecule has 3 heterocycles. The van der Waals surface area contributed by atoms with Gasteiger partial charge in [0, 0.05) is 38.0 Å². The number of aryl methyl sites for hydroxylation is 1. The number of nitrogens with zero attached hydrogens (tertiary/aromatic N) is 5. The van der Waals surface area contributed by atoms with Crippen molar-refractivity contribution in [3.63, 3.8) is 0 Å². The van der Waals surface area contributed by atoms with Crippen molar-refractivity contribution in [1.29, 1.82) is 0 Å². The molecule has 1 fully saturated rings. The highest BCUT2D eigenvalue weighted by atomic mass is 32.1. The van der Waals surface area contributed by atoms with Crippen molar-refractivity contribution < 1.29 is 0 Å². The molecule has 8 heteroatoms. The molecule has 1 saturated heterocycles. The minimum Gasteiger partial charge on any atom is -0.355 e. The van der Waals surface area contributed by atoms with Gasteiger partial charge >= 0.3 is 0 Å². The van der Waals surface area contributed by atoms with Crippen LogP contribution < -0.4 is 10.6 Å². The van der Waals surface area contributed by atoms with Crippen LogP contribution in [0, 0.1) is 5.92 Å². The van der Waals surface area contributed by atoms with Gasteiger partial charge in [-0.25, -0.2) is 0 Å². The van der Waals surface area contributed by atoms with E-state index in [0.717, 1.165) is 43.8 Å². The Kier molecular flexibility index (Phi) is 7.85. The molecule has 0 saturated carbocycles. The topological polar surface area (TPSA) is 70.4 Å². The molecule has 2 N–H and O–H groups in total. The van der Waals surface area contributed by atoms with Crippen molar-refractivity contribution in [3.05, 3.63) is 34.5 Å². The monoisotopic (exact) mass is 403 g/mol. The van der Waals surface area contributed by atoms with E-state index < -0.39 is 0 Å². The summed E-state index contributed by atoms with van der Waals surface area (Å²) in [7, 11) is 1.83. The second kappa shape index (κ2) is 10.6. The van der Waals surface area contributed by atoms with Crippen molar-refractivity contribution >= 4 is 17.3 Å². The first-order chi connectivity index (χ1) is 13.7. The average Bonchev–Trinajstić information content (AvgIpc) is 3.40. The molecule has 0 amide bonds. The van der Waals surface area contributed by atoms with Gasteiger partial charge in [0.05, 0.1) is 6.04 Å². The van der Waals surface area contributed by atoms with Crippen LogP contribution in [0.1, 0.15) is 43.4 Å². The first kappa shape index (κ1) is 20.8. The number of hydrogen-bond acceptors (Lipinski definition) is 5. The summed E-state index contributed by atoms with van der Waals surface area (Å²) in [6.45, 7) is 9.28. The van der Waals surface area contributed by atoms with Crippen molar-refractivity contribution in [2.24, 2.45) is 10.9 Å². The zero-order chi connectivity index (χ0) is 19.8. The second-order valence-corrected chi connectivity index (χ2v) is 8.40. The highest BCUT2D eigenvalue weighted by molar-refractivity contribution is 7.10. The summed E-state index contributed by atoms with van der Waals surface area (Å²) in [5.41, 5.74) is 0. The maximum atomic E-state index is 4.40. The third kappa shape index (κ3) is 5.54. The molecule has 2 aromatic rings. The fraction of sp³-hybridized carbons (Fsp3) is 0.650. The number of likely N-dealkylation sites (tertiary alicyclic amines) is 1. The minimum atomic E-state index is 0.399. The maximum Gasteiger partial charge on any atom is 0.191 e. The lowest BCUT2D eigenvalue weighted by Gasteiger charge is -2.36. The molecule has 1 aliphatic rings. The number of hydrogen-bond donors (Lipinski definition) is 2. The molecular formula is C20H33N7S. The van der Waals surface area contributed by atoms with Crippen LogP contribution in [0.4, 0.5) is 0 Å². The van der Waals surface area contributed by atoms with Crippen LogP contribution >= 0.6 is 11.3 Å². The molecule has 0 spiro atoms. The highest BCUT2D eigenvalue weighted by Gasteiger charge is 2.25. The van der Waals surface area contributed by atoms with Crippen molar-refractivity contribution in [3.8, 4) is 0 Å². The molecule has 7 nitrogen and oxygen atoms in total. The normalized spacial score (nSPS) is 17.6. The third-order valence-electron chi connectivity index (χ3n) is 5.47. The van der Waals surface area contributed by atoms with E-state index in [1.807, 2.05) is 18.4 Å². The van der Waals surface area contributed by atoms with Gasteiger partial charge in [0.25, 0.3) is 0 Å². The van der Waals surface area contributed by atoms with Crippen LogP contribution in [0.3, 0.4) is 0 Å². The van der Waals surface area contributed by atoms with E-state index in [1.165, 1.54) is 30.8 Å². The number of piperidine rings is 1.